The molecule has 0 fully saturated rings. The number of carbonyl (C=O) groups excluding carboxylic acids is 1. The third-order valence-corrected chi connectivity index (χ3v) is 2.30. The minimum Gasteiger partial charge on any atom is -0.461 e. The molecule has 0 amide bonds. The van der Waals surface area contributed by atoms with Gasteiger partial charge in [0.25, 0.3) is 0 Å². The molecule has 0 spiro atoms. The summed E-state index contributed by atoms with van der Waals surface area (Å²) >= 11 is 3.33. The lowest BCUT2D eigenvalue weighted by Gasteiger charge is -2.03. The summed E-state index contributed by atoms with van der Waals surface area (Å²) in [5.41, 5.74) is 3.89. The van der Waals surface area contributed by atoms with Gasteiger partial charge in [0.2, 0.25) is 0 Å². The molecule has 0 aliphatic carbocycles. The van der Waals surface area contributed by atoms with Gasteiger partial charge in [-0.1, -0.05) is 15.9 Å². The standard InChI is InChI=1S/C11H13BrN2O2/c1-3-16-11(15)8(2)13-14-10-6-4-9(12)5-7-10/h4-7,14H,3H2,1-2H3. The quantitative estimate of drug-likeness (QED) is 0.526. The van der Waals surface area contributed by atoms with Gasteiger partial charge in [0.1, 0.15) is 5.71 Å². The Labute approximate surface area is 103 Å². The van der Waals surface area contributed by atoms with Crippen LogP contribution in [0, 0.1) is 0 Å². The van der Waals surface area contributed by atoms with Crippen LogP contribution < -0.4 is 5.43 Å². The van der Waals surface area contributed by atoms with Gasteiger partial charge in [-0.25, -0.2) is 4.79 Å². The molecule has 0 bridgehead atoms. The summed E-state index contributed by atoms with van der Waals surface area (Å²) in [4.78, 5) is 11.2. The minimum atomic E-state index is -0.410. The smallest absolute Gasteiger partial charge is 0.354 e. The lowest BCUT2D eigenvalue weighted by atomic mass is 10.3. The first kappa shape index (κ1) is 12.7. The normalized spacial score (nSPS) is 11.1. The van der Waals surface area contributed by atoms with E-state index in [0.717, 1.165) is 10.2 Å². The first-order valence-electron chi connectivity index (χ1n) is 4.86. The second-order valence-electron chi connectivity index (χ2n) is 3.04. The van der Waals surface area contributed by atoms with Crippen molar-refractivity contribution in [3.05, 3.63) is 28.7 Å². The number of rotatable bonds is 4. The Morgan fingerprint density at radius 2 is 2.06 bits per heavy atom. The molecule has 1 rings (SSSR count). The zero-order valence-electron chi connectivity index (χ0n) is 9.16. The molecule has 86 valence electrons. The van der Waals surface area contributed by atoms with Gasteiger partial charge in [-0.3, -0.25) is 5.43 Å². The predicted octanol–water partition coefficient (Wildman–Crippen LogP) is 2.80. The van der Waals surface area contributed by atoms with E-state index in [9.17, 15) is 4.79 Å². The second kappa shape index (κ2) is 6.27. The Kier molecular flexibility index (Phi) is 4.98. The second-order valence-corrected chi connectivity index (χ2v) is 3.95. The van der Waals surface area contributed by atoms with E-state index in [-0.39, 0.29) is 0 Å². The highest BCUT2D eigenvalue weighted by Gasteiger charge is 2.05. The van der Waals surface area contributed by atoms with Crippen LogP contribution in [-0.4, -0.2) is 18.3 Å². The number of carbonyl (C=O) groups is 1. The molecule has 4 nitrogen and oxygen atoms in total. The van der Waals surface area contributed by atoms with Crippen LogP contribution in [0.4, 0.5) is 5.69 Å². The van der Waals surface area contributed by atoms with Crippen LogP contribution in [0.15, 0.2) is 33.8 Å². The Morgan fingerprint density at radius 3 is 2.62 bits per heavy atom. The van der Waals surface area contributed by atoms with Gasteiger partial charge in [0.15, 0.2) is 0 Å². The number of hydrogen-bond acceptors (Lipinski definition) is 4. The van der Waals surface area contributed by atoms with Crippen LogP contribution in [-0.2, 0) is 9.53 Å². The van der Waals surface area contributed by atoms with Gasteiger partial charge in [0.05, 0.1) is 12.3 Å². The topological polar surface area (TPSA) is 50.7 Å². The molecular weight excluding hydrogens is 272 g/mol. The first-order chi connectivity index (χ1) is 7.63. The number of ether oxygens (including phenoxy) is 1. The molecule has 0 aromatic heterocycles. The first-order valence-corrected chi connectivity index (χ1v) is 5.65. The average Bonchev–Trinajstić information content (AvgIpc) is 2.28. The molecule has 16 heavy (non-hydrogen) atoms. The average molecular weight is 285 g/mol. The van der Waals surface area contributed by atoms with Crippen molar-refractivity contribution in [2.24, 2.45) is 5.10 Å². The summed E-state index contributed by atoms with van der Waals surface area (Å²) in [6.45, 7) is 3.71. The lowest BCUT2D eigenvalue weighted by molar-refractivity contribution is -0.135. The summed E-state index contributed by atoms with van der Waals surface area (Å²) in [7, 11) is 0. The third kappa shape index (κ3) is 4.02. The molecule has 0 unspecified atom stereocenters. The molecular formula is C11H13BrN2O2. The number of esters is 1. The number of hydrazone groups is 1. The molecule has 0 aliphatic rings. The van der Waals surface area contributed by atoms with Crippen molar-refractivity contribution in [2.75, 3.05) is 12.0 Å². The summed E-state index contributed by atoms with van der Waals surface area (Å²) in [6.07, 6.45) is 0. The van der Waals surface area contributed by atoms with E-state index in [4.69, 9.17) is 4.74 Å². The van der Waals surface area contributed by atoms with Crippen LogP contribution in [0.2, 0.25) is 0 Å². The summed E-state index contributed by atoms with van der Waals surface area (Å²) in [5.74, 6) is -0.410. The number of anilines is 1. The van der Waals surface area contributed by atoms with Crippen molar-refractivity contribution in [2.45, 2.75) is 13.8 Å². The SMILES string of the molecule is CCOC(=O)C(C)=NNc1ccc(Br)cc1. The minimum absolute atomic E-state index is 0.296. The molecule has 0 radical (unpaired) electrons. The third-order valence-electron chi connectivity index (χ3n) is 1.77. The lowest BCUT2D eigenvalue weighted by Crippen LogP contribution is -2.15. The number of nitrogens with one attached hydrogen (secondary N) is 1. The maximum atomic E-state index is 11.2. The summed E-state index contributed by atoms with van der Waals surface area (Å²) < 4.78 is 5.78. The predicted molar refractivity (Wildman–Crippen MR) is 67.5 cm³/mol. The van der Waals surface area contributed by atoms with Crippen LogP contribution in [0.1, 0.15) is 13.8 Å². The fraction of sp³-hybridized carbons (Fsp3) is 0.273. The highest BCUT2D eigenvalue weighted by Crippen LogP contribution is 2.13. The molecule has 1 aromatic rings. The number of benzene rings is 1. The Hall–Kier alpha value is -1.36. The highest BCUT2D eigenvalue weighted by atomic mass is 79.9. The zero-order valence-corrected chi connectivity index (χ0v) is 10.7. The Balaban J connectivity index is 2.58. The maximum absolute atomic E-state index is 11.2. The van der Waals surface area contributed by atoms with E-state index in [0.29, 0.717) is 12.3 Å². The molecule has 0 heterocycles. The van der Waals surface area contributed by atoms with E-state index in [1.54, 1.807) is 13.8 Å². The van der Waals surface area contributed by atoms with Crippen molar-refractivity contribution in [1.29, 1.82) is 0 Å². The summed E-state index contributed by atoms with van der Waals surface area (Å²) in [5, 5.41) is 3.92. The van der Waals surface area contributed by atoms with Gasteiger partial charge >= 0.3 is 5.97 Å². The molecule has 0 atom stereocenters. The Bertz CT molecular complexity index is 387. The number of halogens is 1. The molecule has 0 saturated heterocycles. The van der Waals surface area contributed by atoms with Crippen LogP contribution in [0.3, 0.4) is 0 Å². The van der Waals surface area contributed by atoms with Crippen molar-refractivity contribution in [1.82, 2.24) is 0 Å². The van der Waals surface area contributed by atoms with Gasteiger partial charge < -0.3 is 4.74 Å². The van der Waals surface area contributed by atoms with Crippen LogP contribution in [0.25, 0.3) is 0 Å². The van der Waals surface area contributed by atoms with Gasteiger partial charge in [-0.15, -0.1) is 0 Å². The monoisotopic (exact) mass is 284 g/mol. The van der Waals surface area contributed by atoms with Crippen molar-refractivity contribution in [3.63, 3.8) is 0 Å². The fourth-order valence-electron chi connectivity index (χ4n) is 0.954. The van der Waals surface area contributed by atoms with Crippen molar-refractivity contribution < 1.29 is 9.53 Å². The van der Waals surface area contributed by atoms with E-state index < -0.39 is 5.97 Å². The van der Waals surface area contributed by atoms with Crippen molar-refractivity contribution in [3.8, 4) is 0 Å². The van der Waals surface area contributed by atoms with Crippen LogP contribution in [0.5, 0.6) is 0 Å². The van der Waals surface area contributed by atoms with E-state index in [2.05, 4.69) is 26.5 Å². The molecule has 5 heteroatoms. The number of nitrogens with zero attached hydrogens (tertiary/aromatic N) is 1. The number of hydrogen-bond donors (Lipinski definition) is 1. The van der Waals surface area contributed by atoms with Gasteiger partial charge in [0, 0.05) is 4.47 Å². The molecule has 1 N–H and O–H groups in total. The highest BCUT2D eigenvalue weighted by molar-refractivity contribution is 9.10. The van der Waals surface area contributed by atoms with E-state index >= 15 is 0 Å². The zero-order chi connectivity index (χ0) is 12.0. The summed E-state index contributed by atoms with van der Waals surface area (Å²) in [6, 6.07) is 7.48. The fourth-order valence-corrected chi connectivity index (χ4v) is 1.22. The Morgan fingerprint density at radius 1 is 1.44 bits per heavy atom. The van der Waals surface area contributed by atoms with E-state index in [1.807, 2.05) is 24.3 Å². The van der Waals surface area contributed by atoms with Gasteiger partial charge in [-0.2, -0.15) is 5.10 Å². The molecule has 1 aromatic carbocycles. The largest absolute Gasteiger partial charge is 0.461 e. The van der Waals surface area contributed by atoms with Crippen molar-refractivity contribution >= 4 is 33.3 Å². The van der Waals surface area contributed by atoms with Gasteiger partial charge in [-0.05, 0) is 38.1 Å². The maximum Gasteiger partial charge on any atom is 0.354 e. The molecule has 0 aliphatic heterocycles. The molecule has 0 saturated carbocycles. The van der Waals surface area contributed by atoms with Crippen LogP contribution >= 0.6 is 15.9 Å². The van der Waals surface area contributed by atoms with E-state index in [1.165, 1.54) is 0 Å².